The van der Waals surface area contributed by atoms with E-state index in [1.54, 1.807) is 13.8 Å². The van der Waals surface area contributed by atoms with Crippen molar-refractivity contribution in [3.8, 4) is 0 Å². The number of carbonyl (C=O) groups is 2. The van der Waals surface area contributed by atoms with Gasteiger partial charge in [0.25, 0.3) is 6.04 Å². The molecule has 2 rings (SSSR count). The number of rotatable bonds is 6. The Kier molecular flexibility index (Phi) is 3.97. The number of furan rings is 1. The van der Waals surface area contributed by atoms with Gasteiger partial charge < -0.3 is 13.9 Å². The van der Waals surface area contributed by atoms with Crippen LogP contribution in [-0.2, 0) is 19.1 Å². The van der Waals surface area contributed by atoms with Gasteiger partial charge in [0, 0.05) is 4.92 Å². The molecule has 1 fully saturated rings. The van der Waals surface area contributed by atoms with Gasteiger partial charge in [0.15, 0.2) is 0 Å². The van der Waals surface area contributed by atoms with E-state index in [1.165, 1.54) is 18.4 Å². The highest BCUT2D eigenvalue weighted by molar-refractivity contribution is 6.06. The van der Waals surface area contributed by atoms with Gasteiger partial charge in [-0.05, 0) is 26.0 Å². The molecule has 0 saturated heterocycles. The molecule has 8 nitrogen and oxygen atoms in total. The lowest BCUT2D eigenvalue weighted by Gasteiger charge is -2.12. The van der Waals surface area contributed by atoms with Crippen LogP contribution >= 0.6 is 0 Å². The molecule has 21 heavy (non-hydrogen) atoms. The molecular weight excluding hydrogens is 282 g/mol. The van der Waals surface area contributed by atoms with Crippen LogP contribution in [0.3, 0.4) is 0 Å². The Morgan fingerprint density at radius 3 is 2.29 bits per heavy atom. The summed E-state index contributed by atoms with van der Waals surface area (Å²) in [5.74, 6) is -2.73. The van der Waals surface area contributed by atoms with Crippen molar-refractivity contribution < 1.29 is 28.4 Å². The second kappa shape index (κ2) is 5.55. The zero-order valence-electron chi connectivity index (χ0n) is 11.6. The first kappa shape index (κ1) is 15.0. The van der Waals surface area contributed by atoms with Crippen molar-refractivity contribution >= 4 is 11.9 Å². The molecule has 0 radical (unpaired) electrons. The average Bonchev–Trinajstić information content (AvgIpc) is 2.86. The van der Waals surface area contributed by atoms with Crippen LogP contribution in [-0.4, -0.2) is 36.1 Å². The molecule has 0 spiro atoms. The molecule has 0 bridgehead atoms. The van der Waals surface area contributed by atoms with Crippen LogP contribution in [0.4, 0.5) is 0 Å². The minimum atomic E-state index is -1.96. The molecule has 0 aliphatic heterocycles. The zero-order chi connectivity index (χ0) is 15.6. The number of nitro groups is 1. The van der Waals surface area contributed by atoms with Crippen molar-refractivity contribution in [1.29, 1.82) is 0 Å². The third kappa shape index (κ3) is 2.16. The monoisotopic (exact) mass is 297 g/mol. The summed E-state index contributed by atoms with van der Waals surface area (Å²) in [6, 6.07) is 1.58. The van der Waals surface area contributed by atoms with Crippen LogP contribution < -0.4 is 0 Å². The van der Waals surface area contributed by atoms with E-state index < -0.39 is 34.2 Å². The fourth-order valence-electron chi connectivity index (χ4n) is 2.59. The Morgan fingerprint density at radius 2 is 1.90 bits per heavy atom. The fraction of sp³-hybridized carbons (Fsp3) is 0.538. The molecule has 2 atom stereocenters. The van der Waals surface area contributed by atoms with Gasteiger partial charge in [0.05, 0.1) is 19.5 Å². The third-order valence-electron chi connectivity index (χ3n) is 3.47. The largest absolute Gasteiger partial charge is 0.469 e. The van der Waals surface area contributed by atoms with Crippen LogP contribution in [0, 0.1) is 15.5 Å². The van der Waals surface area contributed by atoms with Gasteiger partial charge >= 0.3 is 11.9 Å². The van der Waals surface area contributed by atoms with Crippen LogP contribution in [0.5, 0.6) is 0 Å². The smallest absolute Gasteiger partial charge is 0.331 e. The Hall–Kier alpha value is -2.38. The first-order chi connectivity index (χ1) is 10.0. The second-order valence-electron chi connectivity index (χ2n) is 4.53. The predicted molar refractivity (Wildman–Crippen MR) is 67.9 cm³/mol. The second-order valence-corrected chi connectivity index (χ2v) is 4.53. The fourth-order valence-corrected chi connectivity index (χ4v) is 2.59. The molecule has 1 saturated carbocycles. The van der Waals surface area contributed by atoms with E-state index in [0.29, 0.717) is 0 Å². The molecule has 1 aromatic heterocycles. The highest BCUT2D eigenvalue weighted by Gasteiger charge is 2.86. The first-order valence-electron chi connectivity index (χ1n) is 6.53. The minimum absolute atomic E-state index is 0.00922. The summed E-state index contributed by atoms with van der Waals surface area (Å²) in [4.78, 5) is 35.0. The van der Waals surface area contributed by atoms with Crippen LogP contribution in [0.2, 0.25) is 0 Å². The Bertz CT molecular complexity index is 533. The summed E-state index contributed by atoms with van der Waals surface area (Å²) in [5, 5.41) is 11.2. The molecule has 0 N–H and O–H groups in total. The summed E-state index contributed by atoms with van der Waals surface area (Å²) in [6.07, 6.45) is 1.33. The first-order valence-corrected chi connectivity index (χ1v) is 6.53. The van der Waals surface area contributed by atoms with E-state index in [9.17, 15) is 19.7 Å². The summed E-state index contributed by atoms with van der Waals surface area (Å²) in [5.41, 5.74) is -1.96. The van der Waals surface area contributed by atoms with Crippen LogP contribution in [0.15, 0.2) is 22.8 Å². The molecule has 1 aliphatic carbocycles. The number of hydrogen-bond donors (Lipinski definition) is 0. The van der Waals surface area contributed by atoms with Gasteiger partial charge in [-0.25, -0.2) is 0 Å². The number of ether oxygens (including phenoxy) is 2. The zero-order valence-corrected chi connectivity index (χ0v) is 11.6. The maximum absolute atomic E-state index is 12.2. The predicted octanol–water partition coefficient (Wildman–Crippen LogP) is 1.13. The molecule has 1 aliphatic rings. The summed E-state index contributed by atoms with van der Waals surface area (Å²) >= 11 is 0. The minimum Gasteiger partial charge on any atom is -0.469 e. The molecule has 114 valence electrons. The highest BCUT2D eigenvalue weighted by Crippen LogP contribution is 2.62. The van der Waals surface area contributed by atoms with E-state index in [4.69, 9.17) is 13.9 Å². The maximum atomic E-state index is 12.2. The number of esters is 2. The number of carbonyl (C=O) groups excluding carboxylic acids is 2. The van der Waals surface area contributed by atoms with Gasteiger partial charge in [-0.1, -0.05) is 0 Å². The van der Waals surface area contributed by atoms with Crippen molar-refractivity contribution in [2.75, 3.05) is 13.2 Å². The lowest BCUT2D eigenvalue weighted by molar-refractivity contribution is -0.501. The quantitative estimate of drug-likeness (QED) is 0.335. The molecule has 0 amide bonds. The van der Waals surface area contributed by atoms with Crippen molar-refractivity contribution in [2.24, 2.45) is 5.41 Å². The van der Waals surface area contributed by atoms with Gasteiger partial charge in [0.2, 0.25) is 5.41 Å². The molecule has 1 aromatic rings. The van der Waals surface area contributed by atoms with Crippen LogP contribution in [0.25, 0.3) is 0 Å². The lowest BCUT2D eigenvalue weighted by atomic mass is 10.0. The van der Waals surface area contributed by atoms with Gasteiger partial charge in [-0.2, -0.15) is 0 Å². The van der Waals surface area contributed by atoms with Crippen molar-refractivity contribution in [3.63, 3.8) is 0 Å². The lowest BCUT2D eigenvalue weighted by Crippen LogP contribution is -2.35. The SMILES string of the molecule is CCOC(=O)C1(C(=O)OCC)[C@@H]([N+](=O)[O-])[C@@H]1c1ccco1. The molecule has 1 heterocycles. The third-order valence-corrected chi connectivity index (χ3v) is 3.47. The van der Waals surface area contributed by atoms with Crippen molar-refractivity contribution in [1.82, 2.24) is 0 Å². The van der Waals surface area contributed by atoms with E-state index in [2.05, 4.69) is 0 Å². The molecule has 0 aromatic carbocycles. The van der Waals surface area contributed by atoms with Gasteiger partial charge in [-0.3, -0.25) is 19.7 Å². The topological polar surface area (TPSA) is 109 Å². The molecule has 0 unspecified atom stereocenters. The van der Waals surface area contributed by atoms with Gasteiger partial charge in [0.1, 0.15) is 11.7 Å². The average molecular weight is 297 g/mol. The summed E-state index contributed by atoms with van der Waals surface area (Å²) in [7, 11) is 0. The maximum Gasteiger partial charge on any atom is 0.331 e. The molecule has 8 heteroatoms. The highest BCUT2D eigenvalue weighted by atomic mass is 16.6. The van der Waals surface area contributed by atoms with Crippen LogP contribution in [0.1, 0.15) is 25.5 Å². The Balaban J connectivity index is 2.45. The number of nitrogens with zero attached hydrogens (tertiary/aromatic N) is 1. The van der Waals surface area contributed by atoms with E-state index in [0.717, 1.165) is 0 Å². The van der Waals surface area contributed by atoms with Crippen molar-refractivity contribution in [2.45, 2.75) is 25.8 Å². The normalized spacial score (nSPS) is 22.4. The Labute approximate surface area is 120 Å². The summed E-state index contributed by atoms with van der Waals surface area (Å²) < 4.78 is 14.8. The Morgan fingerprint density at radius 1 is 1.33 bits per heavy atom. The van der Waals surface area contributed by atoms with Gasteiger partial charge in [-0.15, -0.1) is 0 Å². The van der Waals surface area contributed by atoms with E-state index in [1.807, 2.05) is 0 Å². The van der Waals surface area contributed by atoms with E-state index >= 15 is 0 Å². The van der Waals surface area contributed by atoms with Crippen molar-refractivity contribution in [3.05, 3.63) is 34.3 Å². The molecular formula is C13H15NO7. The van der Waals surface area contributed by atoms with E-state index in [-0.39, 0.29) is 19.0 Å². The standard InChI is InChI=1S/C13H15NO7/c1-3-19-11(15)13(12(16)20-4-2)9(10(13)14(17)18)8-6-5-7-21-8/h5-7,9-10H,3-4H2,1-2H3/t9-,10-/m0/s1. The number of hydrogen-bond acceptors (Lipinski definition) is 7. The summed E-state index contributed by atoms with van der Waals surface area (Å²) in [6.45, 7) is 3.13.